The summed E-state index contributed by atoms with van der Waals surface area (Å²) in [7, 11) is 1.84. The van der Waals surface area contributed by atoms with Crippen molar-refractivity contribution in [1.29, 1.82) is 0 Å². The average molecular weight is 250 g/mol. The van der Waals surface area contributed by atoms with Crippen molar-refractivity contribution >= 4 is 22.8 Å². The van der Waals surface area contributed by atoms with E-state index in [2.05, 4.69) is 4.98 Å². The zero-order chi connectivity index (χ0) is 13.1. The van der Waals surface area contributed by atoms with Crippen molar-refractivity contribution in [2.24, 2.45) is 5.73 Å². The van der Waals surface area contributed by atoms with Crippen molar-refractivity contribution in [2.75, 3.05) is 25.0 Å². The van der Waals surface area contributed by atoms with E-state index in [4.69, 9.17) is 10.2 Å². The first-order valence-electron chi connectivity index (χ1n) is 5.58. The number of aromatic nitrogens is 1. The maximum atomic E-state index is 10.6. The summed E-state index contributed by atoms with van der Waals surface area (Å²) >= 11 is 0. The second-order valence-electron chi connectivity index (χ2n) is 3.97. The summed E-state index contributed by atoms with van der Waals surface area (Å²) in [6, 6.07) is 4.81. The van der Waals surface area contributed by atoms with Gasteiger partial charge in [-0.25, -0.2) is 0 Å². The number of non-ortho nitro benzene ring substituents is 1. The Hall–Kier alpha value is -2.15. The molecule has 2 rings (SSSR count). The average Bonchev–Trinajstić information content (AvgIpc) is 2.78. The van der Waals surface area contributed by atoms with Crippen LogP contribution in [0, 0.1) is 10.1 Å². The second-order valence-corrected chi connectivity index (χ2v) is 3.97. The van der Waals surface area contributed by atoms with Gasteiger partial charge in [0.1, 0.15) is 5.52 Å². The minimum absolute atomic E-state index is 0.00480. The standard InChI is InChI=1S/C11H14N4O3/c1-14(6-2-5-12)11-13-9-4-3-8(15(16)17)7-10(9)18-11/h3-4,7H,2,5-6,12H2,1H3. The first-order chi connectivity index (χ1) is 8.61. The highest BCUT2D eigenvalue weighted by atomic mass is 16.6. The van der Waals surface area contributed by atoms with E-state index in [1.807, 2.05) is 11.9 Å². The smallest absolute Gasteiger partial charge is 0.298 e. The fraction of sp³-hybridized carbons (Fsp3) is 0.364. The van der Waals surface area contributed by atoms with E-state index < -0.39 is 4.92 Å². The first-order valence-corrected chi connectivity index (χ1v) is 5.58. The van der Waals surface area contributed by atoms with Gasteiger partial charge in [0.25, 0.3) is 11.7 Å². The second kappa shape index (κ2) is 5.01. The monoisotopic (exact) mass is 250 g/mol. The van der Waals surface area contributed by atoms with E-state index in [1.54, 1.807) is 6.07 Å². The molecule has 0 aliphatic rings. The number of benzene rings is 1. The van der Waals surface area contributed by atoms with Crippen LogP contribution in [0.5, 0.6) is 0 Å². The van der Waals surface area contributed by atoms with Crippen LogP contribution >= 0.6 is 0 Å². The van der Waals surface area contributed by atoms with Crippen LogP contribution in [-0.2, 0) is 0 Å². The van der Waals surface area contributed by atoms with E-state index in [0.717, 1.165) is 13.0 Å². The lowest BCUT2D eigenvalue weighted by Crippen LogP contribution is -2.21. The van der Waals surface area contributed by atoms with Crippen LogP contribution < -0.4 is 10.6 Å². The number of oxazole rings is 1. The molecule has 7 nitrogen and oxygen atoms in total. The number of nitrogens with two attached hydrogens (primary N) is 1. The Balaban J connectivity index is 2.29. The van der Waals surface area contributed by atoms with Gasteiger partial charge in [-0.1, -0.05) is 0 Å². The molecule has 0 spiro atoms. The predicted octanol–water partition coefficient (Wildman–Crippen LogP) is 1.52. The van der Waals surface area contributed by atoms with E-state index in [9.17, 15) is 10.1 Å². The van der Waals surface area contributed by atoms with Crippen LogP contribution in [0.2, 0.25) is 0 Å². The maximum Gasteiger partial charge on any atom is 0.298 e. The normalized spacial score (nSPS) is 10.8. The third-order valence-electron chi connectivity index (χ3n) is 2.60. The molecule has 0 aliphatic carbocycles. The molecular formula is C11H14N4O3. The van der Waals surface area contributed by atoms with Crippen molar-refractivity contribution in [1.82, 2.24) is 4.98 Å². The van der Waals surface area contributed by atoms with Gasteiger partial charge < -0.3 is 15.1 Å². The molecule has 0 bridgehead atoms. The molecule has 2 N–H and O–H groups in total. The topological polar surface area (TPSA) is 98.4 Å². The third kappa shape index (κ3) is 2.40. The molecule has 1 heterocycles. The number of rotatable bonds is 5. The molecule has 2 aromatic rings. The SMILES string of the molecule is CN(CCCN)c1nc2ccc([N+](=O)[O-])cc2o1. The number of nitro benzene ring substituents is 1. The highest BCUT2D eigenvalue weighted by molar-refractivity contribution is 5.77. The van der Waals surface area contributed by atoms with Gasteiger partial charge in [-0.05, 0) is 19.0 Å². The highest BCUT2D eigenvalue weighted by Crippen LogP contribution is 2.25. The Morgan fingerprint density at radius 2 is 2.33 bits per heavy atom. The van der Waals surface area contributed by atoms with E-state index in [-0.39, 0.29) is 5.69 Å². The molecule has 0 radical (unpaired) electrons. The molecule has 0 atom stereocenters. The molecule has 0 fully saturated rings. The number of anilines is 1. The molecule has 0 saturated heterocycles. The molecule has 0 unspecified atom stereocenters. The summed E-state index contributed by atoms with van der Waals surface area (Å²) in [5, 5.41) is 10.6. The third-order valence-corrected chi connectivity index (χ3v) is 2.60. The molecule has 7 heteroatoms. The van der Waals surface area contributed by atoms with Crippen LogP contribution in [-0.4, -0.2) is 30.0 Å². The van der Waals surface area contributed by atoms with Gasteiger partial charge in [-0.2, -0.15) is 4.98 Å². The highest BCUT2D eigenvalue weighted by Gasteiger charge is 2.13. The number of hydrogen-bond donors (Lipinski definition) is 1. The Morgan fingerprint density at radius 1 is 1.56 bits per heavy atom. The van der Waals surface area contributed by atoms with Gasteiger partial charge >= 0.3 is 0 Å². The van der Waals surface area contributed by atoms with Gasteiger partial charge in [0.2, 0.25) is 0 Å². The van der Waals surface area contributed by atoms with Gasteiger partial charge in [0.15, 0.2) is 5.58 Å². The van der Waals surface area contributed by atoms with Gasteiger partial charge in [-0.15, -0.1) is 0 Å². The summed E-state index contributed by atoms with van der Waals surface area (Å²) < 4.78 is 5.49. The van der Waals surface area contributed by atoms with Crippen molar-refractivity contribution in [3.63, 3.8) is 0 Å². The van der Waals surface area contributed by atoms with Gasteiger partial charge in [0, 0.05) is 19.7 Å². The summed E-state index contributed by atoms with van der Waals surface area (Å²) in [5.41, 5.74) is 6.45. The minimum atomic E-state index is -0.459. The number of hydrogen-bond acceptors (Lipinski definition) is 6. The number of nitrogens with zero attached hydrogens (tertiary/aromatic N) is 3. The quantitative estimate of drug-likeness (QED) is 0.638. The molecule has 0 saturated carbocycles. The summed E-state index contributed by atoms with van der Waals surface area (Å²) in [6.07, 6.45) is 0.829. The Kier molecular flexibility index (Phi) is 3.42. The largest absolute Gasteiger partial charge is 0.423 e. The van der Waals surface area contributed by atoms with Crippen LogP contribution in [0.1, 0.15) is 6.42 Å². The molecule has 18 heavy (non-hydrogen) atoms. The fourth-order valence-corrected chi connectivity index (χ4v) is 1.60. The molecule has 0 amide bonds. The van der Waals surface area contributed by atoms with Crippen molar-refractivity contribution in [3.8, 4) is 0 Å². The van der Waals surface area contributed by atoms with Crippen LogP contribution in [0.15, 0.2) is 22.6 Å². The van der Waals surface area contributed by atoms with Crippen molar-refractivity contribution in [2.45, 2.75) is 6.42 Å². The lowest BCUT2D eigenvalue weighted by Gasteiger charge is -2.12. The zero-order valence-electron chi connectivity index (χ0n) is 10.00. The molecule has 96 valence electrons. The molecule has 1 aromatic heterocycles. The minimum Gasteiger partial charge on any atom is -0.423 e. The van der Waals surface area contributed by atoms with Gasteiger partial charge in [0.05, 0.1) is 11.0 Å². The summed E-state index contributed by atoms with van der Waals surface area (Å²) in [4.78, 5) is 16.3. The van der Waals surface area contributed by atoms with Crippen LogP contribution in [0.25, 0.3) is 11.1 Å². The van der Waals surface area contributed by atoms with Crippen LogP contribution in [0.4, 0.5) is 11.7 Å². The molecule has 0 aliphatic heterocycles. The predicted molar refractivity (Wildman–Crippen MR) is 67.6 cm³/mol. The Bertz CT molecular complexity index is 566. The summed E-state index contributed by atoms with van der Waals surface area (Å²) in [5.74, 6) is 0. The summed E-state index contributed by atoms with van der Waals surface area (Å²) in [6.45, 7) is 1.32. The lowest BCUT2D eigenvalue weighted by atomic mass is 10.3. The maximum absolute atomic E-state index is 10.6. The van der Waals surface area contributed by atoms with E-state index >= 15 is 0 Å². The van der Waals surface area contributed by atoms with Crippen LogP contribution in [0.3, 0.4) is 0 Å². The van der Waals surface area contributed by atoms with Gasteiger partial charge in [-0.3, -0.25) is 10.1 Å². The van der Waals surface area contributed by atoms with Crippen molar-refractivity contribution < 1.29 is 9.34 Å². The van der Waals surface area contributed by atoms with E-state index in [0.29, 0.717) is 23.7 Å². The zero-order valence-corrected chi connectivity index (χ0v) is 10.00. The molecular weight excluding hydrogens is 236 g/mol. The molecule has 1 aromatic carbocycles. The number of nitro groups is 1. The van der Waals surface area contributed by atoms with E-state index in [1.165, 1.54) is 12.1 Å². The Morgan fingerprint density at radius 3 is 3.00 bits per heavy atom. The fourth-order valence-electron chi connectivity index (χ4n) is 1.60. The first kappa shape index (κ1) is 12.3. The van der Waals surface area contributed by atoms with Crippen molar-refractivity contribution in [3.05, 3.63) is 28.3 Å². The number of fused-ring (bicyclic) bond motifs is 1. The lowest BCUT2D eigenvalue weighted by molar-refractivity contribution is -0.384. The Labute approximate surface area is 103 Å².